The van der Waals surface area contributed by atoms with Crippen molar-refractivity contribution in [2.24, 2.45) is 0 Å². The van der Waals surface area contributed by atoms with Gasteiger partial charge < -0.3 is 14.8 Å². The zero-order valence-corrected chi connectivity index (χ0v) is 12.3. The van der Waals surface area contributed by atoms with Gasteiger partial charge in [0, 0.05) is 6.04 Å². The summed E-state index contributed by atoms with van der Waals surface area (Å²) in [6.45, 7) is 2.19. The number of rotatable bonds is 7. The second kappa shape index (κ2) is 7.49. The molecule has 1 N–H and O–H groups in total. The van der Waals surface area contributed by atoms with Gasteiger partial charge >= 0.3 is 0 Å². The first kappa shape index (κ1) is 15.1. The normalized spacial score (nSPS) is 12.3. The Kier molecular flexibility index (Phi) is 6.30. The van der Waals surface area contributed by atoms with Crippen LogP contribution in [0.5, 0.6) is 11.5 Å². The second-order valence-corrected chi connectivity index (χ2v) is 4.63. The van der Waals surface area contributed by atoms with Crippen LogP contribution in [0.25, 0.3) is 0 Å². The third-order valence-electron chi connectivity index (χ3n) is 3.05. The molecule has 0 spiro atoms. The lowest BCUT2D eigenvalue weighted by molar-refractivity contribution is 0.354. The van der Waals surface area contributed by atoms with Crippen molar-refractivity contribution in [1.29, 1.82) is 0 Å². The van der Waals surface area contributed by atoms with Gasteiger partial charge in [-0.1, -0.05) is 31.4 Å². The number of nitrogens with one attached hydrogen (secondary N) is 1. The average Bonchev–Trinajstić information content (AvgIpc) is 2.38. The van der Waals surface area contributed by atoms with E-state index in [0.29, 0.717) is 22.6 Å². The van der Waals surface area contributed by atoms with E-state index in [9.17, 15) is 0 Å². The molecule has 1 aromatic carbocycles. The van der Waals surface area contributed by atoms with Gasteiger partial charge in [-0.3, -0.25) is 0 Å². The van der Waals surface area contributed by atoms with Crippen molar-refractivity contribution in [2.45, 2.75) is 32.2 Å². The molecule has 0 fully saturated rings. The molecule has 0 amide bonds. The van der Waals surface area contributed by atoms with Gasteiger partial charge in [-0.05, 0) is 31.2 Å². The zero-order chi connectivity index (χ0) is 13.5. The monoisotopic (exact) mass is 271 g/mol. The summed E-state index contributed by atoms with van der Waals surface area (Å²) < 4.78 is 10.6. The molecule has 0 aliphatic carbocycles. The van der Waals surface area contributed by atoms with Crippen LogP contribution in [0.2, 0.25) is 5.02 Å². The van der Waals surface area contributed by atoms with Crippen molar-refractivity contribution in [2.75, 3.05) is 21.3 Å². The molecule has 102 valence electrons. The number of benzene rings is 1. The van der Waals surface area contributed by atoms with E-state index in [1.165, 1.54) is 12.8 Å². The van der Waals surface area contributed by atoms with Crippen LogP contribution in [-0.2, 0) is 0 Å². The number of halogens is 1. The third kappa shape index (κ3) is 3.53. The molecule has 1 atom stereocenters. The summed E-state index contributed by atoms with van der Waals surface area (Å²) >= 11 is 6.22. The van der Waals surface area contributed by atoms with Crippen LogP contribution in [0.15, 0.2) is 12.1 Å². The maximum absolute atomic E-state index is 6.22. The summed E-state index contributed by atoms with van der Waals surface area (Å²) in [5.74, 6) is 1.27. The molecule has 0 bridgehead atoms. The lowest BCUT2D eigenvalue weighted by Gasteiger charge is -2.19. The molecule has 0 saturated heterocycles. The van der Waals surface area contributed by atoms with E-state index in [1.54, 1.807) is 14.2 Å². The van der Waals surface area contributed by atoms with Gasteiger partial charge in [0.1, 0.15) is 0 Å². The molecule has 0 aliphatic heterocycles. The molecule has 18 heavy (non-hydrogen) atoms. The average molecular weight is 272 g/mol. The van der Waals surface area contributed by atoms with Crippen molar-refractivity contribution in [3.8, 4) is 11.5 Å². The molecule has 1 aromatic rings. The van der Waals surface area contributed by atoms with E-state index in [2.05, 4.69) is 12.2 Å². The summed E-state index contributed by atoms with van der Waals surface area (Å²) in [7, 11) is 5.18. The Bertz CT molecular complexity index is 382. The minimum Gasteiger partial charge on any atom is -0.493 e. The predicted molar refractivity (Wildman–Crippen MR) is 75.9 cm³/mol. The Hall–Kier alpha value is -0.930. The molecule has 0 aromatic heterocycles. The van der Waals surface area contributed by atoms with Crippen molar-refractivity contribution in [3.05, 3.63) is 22.7 Å². The zero-order valence-electron chi connectivity index (χ0n) is 11.5. The van der Waals surface area contributed by atoms with Crippen molar-refractivity contribution >= 4 is 11.6 Å². The van der Waals surface area contributed by atoms with Crippen LogP contribution in [0, 0.1) is 0 Å². The smallest absolute Gasteiger partial charge is 0.179 e. The van der Waals surface area contributed by atoms with E-state index in [4.69, 9.17) is 21.1 Å². The SMILES string of the molecule is CCCCC(NC)c1cc(Cl)c(OC)c(OC)c1. The lowest BCUT2D eigenvalue weighted by Crippen LogP contribution is -2.16. The summed E-state index contributed by atoms with van der Waals surface area (Å²) in [5.41, 5.74) is 1.13. The Balaban J connectivity index is 3.04. The van der Waals surface area contributed by atoms with Gasteiger partial charge in [-0.25, -0.2) is 0 Å². The van der Waals surface area contributed by atoms with Gasteiger partial charge in [-0.15, -0.1) is 0 Å². The van der Waals surface area contributed by atoms with E-state index in [-0.39, 0.29) is 0 Å². The van der Waals surface area contributed by atoms with E-state index >= 15 is 0 Å². The minimum absolute atomic E-state index is 0.294. The van der Waals surface area contributed by atoms with Crippen LogP contribution < -0.4 is 14.8 Å². The highest BCUT2D eigenvalue weighted by Gasteiger charge is 2.15. The van der Waals surface area contributed by atoms with Gasteiger partial charge in [0.25, 0.3) is 0 Å². The fraction of sp³-hybridized carbons (Fsp3) is 0.571. The highest BCUT2D eigenvalue weighted by molar-refractivity contribution is 6.32. The highest BCUT2D eigenvalue weighted by atomic mass is 35.5. The largest absolute Gasteiger partial charge is 0.493 e. The number of hydrogen-bond donors (Lipinski definition) is 1. The van der Waals surface area contributed by atoms with Gasteiger partial charge in [0.15, 0.2) is 11.5 Å². The topological polar surface area (TPSA) is 30.5 Å². The van der Waals surface area contributed by atoms with E-state index in [0.717, 1.165) is 12.0 Å². The second-order valence-electron chi connectivity index (χ2n) is 4.22. The minimum atomic E-state index is 0.294. The molecule has 4 heteroatoms. The standard InChI is InChI=1S/C14H22ClNO2/c1-5-6-7-12(16-2)10-8-11(15)14(18-4)13(9-10)17-3/h8-9,12,16H,5-7H2,1-4H3. The predicted octanol–water partition coefficient (Wildman–Crippen LogP) is 3.81. The van der Waals surface area contributed by atoms with Crippen LogP contribution in [-0.4, -0.2) is 21.3 Å². The Labute approximate surface area is 114 Å². The summed E-state index contributed by atoms with van der Waals surface area (Å²) in [6, 6.07) is 4.23. The first-order valence-electron chi connectivity index (χ1n) is 6.26. The van der Waals surface area contributed by atoms with Gasteiger partial charge in [-0.2, -0.15) is 0 Å². The lowest BCUT2D eigenvalue weighted by atomic mass is 10.0. The Morgan fingerprint density at radius 2 is 2.00 bits per heavy atom. The maximum atomic E-state index is 6.22. The molecule has 3 nitrogen and oxygen atoms in total. The summed E-state index contributed by atoms with van der Waals surface area (Å²) in [5, 5.41) is 3.90. The van der Waals surface area contributed by atoms with Gasteiger partial charge in [0.2, 0.25) is 0 Å². The first-order chi connectivity index (χ1) is 8.67. The molecule has 1 rings (SSSR count). The molecule has 0 saturated carbocycles. The number of methoxy groups -OCH3 is 2. The molecule has 0 aliphatic rings. The van der Waals surface area contributed by atoms with Crippen molar-refractivity contribution in [3.63, 3.8) is 0 Å². The van der Waals surface area contributed by atoms with Crippen LogP contribution >= 0.6 is 11.6 Å². The Morgan fingerprint density at radius 3 is 2.50 bits per heavy atom. The quantitative estimate of drug-likeness (QED) is 0.818. The van der Waals surface area contributed by atoms with Gasteiger partial charge in [0.05, 0.1) is 19.2 Å². The molecule has 1 unspecified atom stereocenters. The fourth-order valence-electron chi connectivity index (χ4n) is 2.02. The molecule has 0 heterocycles. The summed E-state index contributed by atoms with van der Waals surface area (Å²) in [4.78, 5) is 0. The highest BCUT2D eigenvalue weighted by Crippen LogP contribution is 2.38. The van der Waals surface area contributed by atoms with Crippen molar-refractivity contribution < 1.29 is 9.47 Å². The molecular weight excluding hydrogens is 250 g/mol. The third-order valence-corrected chi connectivity index (χ3v) is 3.33. The van der Waals surface area contributed by atoms with Crippen LogP contribution in [0.4, 0.5) is 0 Å². The molecule has 0 radical (unpaired) electrons. The van der Waals surface area contributed by atoms with Crippen molar-refractivity contribution in [1.82, 2.24) is 5.32 Å². The number of hydrogen-bond acceptors (Lipinski definition) is 3. The fourth-order valence-corrected chi connectivity index (χ4v) is 2.32. The molecular formula is C14H22ClNO2. The number of unbranched alkanes of at least 4 members (excludes halogenated alkanes) is 1. The summed E-state index contributed by atoms with van der Waals surface area (Å²) in [6.07, 6.45) is 3.44. The first-order valence-corrected chi connectivity index (χ1v) is 6.64. The number of ether oxygens (including phenoxy) is 2. The van der Waals surface area contributed by atoms with E-state index < -0.39 is 0 Å². The maximum Gasteiger partial charge on any atom is 0.179 e. The van der Waals surface area contributed by atoms with Crippen LogP contribution in [0.1, 0.15) is 37.8 Å². The Morgan fingerprint density at radius 1 is 1.28 bits per heavy atom. The van der Waals surface area contributed by atoms with E-state index in [1.807, 2.05) is 19.2 Å². The van der Waals surface area contributed by atoms with Crippen LogP contribution in [0.3, 0.4) is 0 Å².